The first kappa shape index (κ1) is 26.2. The Bertz CT molecular complexity index is 907. The Morgan fingerprint density at radius 3 is 1.58 bits per heavy atom. The van der Waals surface area contributed by atoms with Gasteiger partial charge in [-0.2, -0.15) is 0 Å². The molecule has 0 atom stereocenters. The third-order valence-electron chi connectivity index (χ3n) is 8.23. The Kier molecular flexibility index (Phi) is 6.81. The minimum absolute atomic E-state index is 0.0419. The molecule has 1 aromatic rings. The van der Waals surface area contributed by atoms with E-state index in [4.69, 9.17) is 4.43 Å². The fraction of sp³-hybridized carbons (Fsp3) is 0.643. The molecule has 3 heteroatoms. The highest BCUT2D eigenvalue weighted by atomic mass is 28.4. The lowest BCUT2D eigenvalue weighted by atomic mass is 9.85. The van der Waals surface area contributed by atoms with Gasteiger partial charge in [0.2, 0.25) is 8.32 Å². The second-order valence-corrected chi connectivity index (χ2v) is 22.4. The highest BCUT2D eigenvalue weighted by Crippen LogP contribution is 2.48. The van der Waals surface area contributed by atoms with Gasteiger partial charge in [0, 0.05) is 5.54 Å². The summed E-state index contributed by atoms with van der Waals surface area (Å²) < 4.78 is 7.22. The number of allylic oxidation sites excluding steroid dienone is 4. The number of benzene rings is 1. The monoisotopic (exact) mass is 456 g/mol. The summed E-state index contributed by atoms with van der Waals surface area (Å²) in [6.07, 6.45) is 0. The summed E-state index contributed by atoms with van der Waals surface area (Å²) in [6.45, 7) is 35.5. The molecule has 0 heterocycles. The number of hydrogen-bond donors (Lipinski definition) is 0. The van der Waals surface area contributed by atoms with E-state index in [0.29, 0.717) is 5.54 Å². The van der Waals surface area contributed by atoms with Crippen LogP contribution in [0.15, 0.2) is 34.4 Å². The lowest BCUT2D eigenvalue weighted by Crippen LogP contribution is -2.51. The minimum atomic E-state index is -1.99. The summed E-state index contributed by atoms with van der Waals surface area (Å²) in [4.78, 5) is 0. The van der Waals surface area contributed by atoms with Gasteiger partial charge in [0.05, 0.1) is 8.07 Å². The van der Waals surface area contributed by atoms with E-state index in [1.54, 1.807) is 11.1 Å². The van der Waals surface area contributed by atoms with Crippen LogP contribution in [0.1, 0.15) is 80.4 Å². The topological polar surface area (TPSA) is 9.23 Å². The van der Waals surface area contributed by atoms with Crippen LogP contribution in [0.4, 0.5) is 0 Å². The van der Waals surface area contributed by atoms with Gasteiger partial charge in [0.1, 0.15) is 5.75 Å². The molecule has 2 rings (SSSR count). The van der Waals surface area contributed by atoms with Crippen molar-refractivity contribution in [1.82, 2.24) is 0 Å². The maximum Gasteiger partial charge on any atom is 0.250 e. The zero-order valence-electron chi connectivity index (χ0n) is 23.1. The van der Waals surface area contributed by atoms with Gasteiger partial charge in [-0.05, 0) is 80.1 Å². The van der Waals surface area contributed by atoms with Crippen molar-refractivity contribution < 1.29 is 4.43 Å². The van der Waals surface area contributed by atoms with Crippen LogP contribution in [-0.2, 0) is 5.41 Å². The molecule has 0 unspecified atom stereocenters. The van der Waals surface area contributed by atoms with E-state index in [-0.39, 0.29) is 10.5 Å². The van der Waals surface area contributed by atoms with Gasteiger partial charge in [-0.1, -0.05) is 83.5 Å². The van der Waals surface area contributed by atoms with Gasteiger partial charge in [-0.15, -0.1) is 0 Å². The van der Waals surface area contributed by atoms with Crippen molar-refractivity contribution in [2.75, 3.05) is 0 Å². The molecule has 0 saturated carbocycles. The van der Waals surface area contributed by atoms with Crippen LogP contribution < -0.4 is 9.61 Å². The molecule has 0 aliphatic heterocycles. The summed E-state index contributed by atoms with van der Waals surface area (Å²) in [7, 11) is -3.91. The van der Waals surface area contributed by atoms with Gasteiger partial charge in [-0.25, -0.2) is 0 Å². The van der Waals surface area contributed by atoms with Crippen molar-refractivity contribution in [2.24, 2.45) is 0 Å². The summed E-state index contributed by atoms with van der Waals surface area (Å²) in [5.74, 6) is 1.21. The molecule has 0 N–H and O–H groups in total. The summed E-state index contributed by atoms with van der Waals surface area (Å²) in [5.41, 5.74) is 9.47. The fourth-order valence-electron chi connectivity index (χ4n) is 4.91. The predicted molar refractivity (Wildman–Crippen MR) is 145 cm³/mol. The highest BCUT2D eigenvalue weighted by molar-refractivity contribution is 6.93. The molecule has 0 saturated heterocycles. The largest absolute Gasteiger partial charge is 0.543 e. The van der Waals surface area contributed by atoms with Gasteiger partial charge < -0.3 is 4.43 Å². The van der Waals surface area contributed by atoms with Crippen LogP contribution >= 0.6 is 0 Å². The molecule has 1 aliphatic rings. The second kappa shape index (κ2) is 8.06. The van der Waals surface area contributed by atoms with E-state index >= 15 is 0 Å². The van der Waals surface area contributed by atoms with Crippen LogP contribution in [0.25, 0.3) is 0 Å². The molecule has 1 aliphatic carbocycles. The SMILES string of the molecule is CC1=C(C)C([Si](C)(C)c2cc(C)cc(C(C)(C)C)c2O[Si](C)(C)C(C)(C)C)C(C)=C1C. The van der Waals surface area contributed by atoms with Crippen molar-refractivity contribution in [2.45, 2.75) is 118 Å². The van der Waals surface area contributed by atoms with E-state index in [2.05, 4.69) is 114 Å². The molecule has 0 spiro atoms. The summed E-state index contributed by atoms with van der Waals surface area (Å²) in [6, 6.07) is 4.85. The fourth-order valence-corrected chi connectivity index (χ4v) is 10.3. The summed E-state index contributed by atoms with van der Waals surface area (Å²) in [5, 5.41) is 1.68. The molecule has 0 radical (unpaired) electrons. The first-order valence-electron chi connectivity index (χ1n) is 11.9. The van der Waals surface area contributed by atoms with Crippen molar-refractivity contribution in [1.29, 1.82) is 0 Å². The first-order chi connectivity index (χ1) is 13.7. The first-order valence-corrected chi connectivity index (χ1v) is 17.9. The Labute approximate surface area is 195 Å². The van der Waals surface area contributed by atoms with E-state index in [9.17, 15) is 0 Å². The maximum atomic E-state index is 7.22. The maximum absolute atomic E-state index is 7.22. The Hall–Kier alpha value is -1.07. The number of rotatable bonds is 4. The third kappa shape index (κ3) is 4.68. The van der Waals surface area contributed by atoms with Gasteiger partial charge in [0.15, 0.2) is 0 Å². The molecule has 0 fully saturated rings. The van der Waals surface area contributed by atoms with Crippen LogP contribution in [0.2, 0.25) is 36.8 Å². The molecule has 1 nitrogen and oxygen atoms in total. The smallest absolute Gasteiger partial charge is 0.250 e. The van der Waals surface area contributed by atoms with E-state index in [1.807, 2.05) is 0 Å². The molecular formula is C28H48OSi2. The van der Waals surface area contributed by atoms with E-state index in [1.165, 1.54) is 33.2 Å². The van der Waals surface area contributed by atoms with Gasteiger partial charge >= 0.3 is 0 Å². The third-order valence-corrected chi connectivity index (χ3v) is 16.6. The molecule has 31 heavy (non-hydrogen) atoms. The van der Waals surface area contributed by atoms with Gasteiger partial charge in [-0.3, -0.25) is 0 Å². The van der Waals surface area contributed by atoms with Crippen LogP contribution in [0, 0.1) is 6.92 Å². The zero-order chi connectivity index (χ0) is 24.3. The second-order valence-electron chi connectivity index (χ2n) is 13.1. The number of aryl methyl sites for hydroxylation is 1. The lowest BCUT2D eigenvalue weighted by Gasteiger charge is -2.42. The average Bonchev–Trinajstić information content (AvgIpc) is 2.77. The molecule has 0 amide bonds. The van der Waals surface area contributed by atoms with E-state index in [0.717, 1.165) is 0 Å². The molecule has 0 aromatic heterocycles. The van der Waals surface area contributed by atoms with Crippen molar-refractivity contribution in [3.8, 4) is 5.75 Å². The van der Waals surface area contributed by atoms with Crippen molar-refractivity contribution in [3.63, 3.8) is 0 Å². The van der Waals surface area contributed by atoms with E-state index < -0.39 is 16.4 Å². The van der Waals surface area contributed by atoms with Crippen LogP contribution in [0.5, 0.6) is 5.75 Å². The molecule has 1 aromatic carbocycles. The molecular weight excluding hydrogens is 408 g/mol. The normalized spacial score (nSPS) is 17.1. The van der Waals surface area contributed by atoms with Gasteiger partial charge in [0.25, 0.3) is 0 Å². The zero-order valence-corrected chi connectivity index (χ0v) is 25.1. The Balaban J connectivity index is 2.86. The number of hydrogen-bond acceptors (Lipinski definition) is 1. The lowest BCUT2D eigenvalue weighted by molar-refractivity contribution is 0.470. The van der Waals surface area contributed by atoms with Crippen LogP contribution in [-0.4, -0.2) is 16.4 Å². The highest BCUT2D eigenvalue weighted by Gasteiger charge is 2.45. The predicted octanol–water partition coefficient (Wildman–Crippen LogP) is 8.65. The average molecular weight is 457 g/mol. The standard InChI is InChI=1S/C28H48OSi2/c1-18-16-23(27(6,7)8)25(29-31(14,15)28(9,10)11)24(17-18)30(12,13)26-21(4)19(2)20(3)22(26)5/h16-17,26H,1-15H3. The van der Waals surface area contributed by atoms with Crippen molar-refractivity contribution in [3.05, 3.63) is 45.6 Å². The summed E-state index contributed by atoms with van der Waals surface area (Å²) >= 11 is 0. The molecule has 0 bridgehead atoms. The minimum Gasteiger partial charge on any atom is -0.543 e. The Morgan fingerprint density at radius 2 is 1.19 bits per heavy atom. The molecule has 174 valence electrons. The Morgan fingerprint density at radius 1 is 0.742 bits per heavy atom. The van der Waals surface area contributed by atoms with Crippen molar-refractivity contribution >= 4 is 21.6 Å². The quantitative estimate of drug-likeness (QED) is 0.412. The van der Waals surface area contributed by atoms with Crippen LogP contribution in [0.3, 0.4) is 0 Å².